The molecule has 1 aromatic rings. The van der Waals surface area contributed by atoms with Gasteiger partial charge in [0, 0.05) is 0 Å². The van der Waals surface area contributed by atoms with Crippen molar-refractivity contribution < 1.29 is 0 Å². The molecule has 1 saturated carbocycles. The van der Waals surface area contributed by atoms with Gasteiger partial charge in [0.25, 0.3) is 0 Å². The minimum absolute atomic E-state index is 0.867. The second-order valence-corrected chi connectivity index (χ2v) is 4.08. The molecule has 2 rings (SSSR count). The molecule has 1 fully saturated rings. The van der Waals surface area contributed by atoms with E-state index in [1.54, 1.807) is 5.56 Å². The Hall–Kier alpha value is -0.715. The lowest BCUT2D eigenvalue weighted by molar-refractivity contribution is 0.723. The van der Waals surface area contributed by atoms with E-state index in [0.717, 1.165) is 13.2 Å². The lowest BCUT2D eigenvalue weighted by Crippen LogP contribution is -2.09. The third-order valence-electron chi connectivity index (χ3n) is 3.21. The molecule has 0 amide bonds. The van der Waals surface area contributed by atoms with E-state index in [9.17, 15) is 0 Å². The van der Waals surface area contributed by atoms with E-state index in [0.29, 0.717) is 0 Å². The summed E-state index contributed by atoms with van der Waals surface area (Å²) in [6.45, 7) is 2.21. The van der Waals surface area contributed by atoms with Gasteiger partial charge < -0.3 is 0 Å². The summed E-state index contributed by atoms with van der Waals surface area (Å²) >= 11 is 0. The van der Waals surface area contributed by atoms with Gasteiger partial charge in [-0.1, -0.05) is 49.4 Å². The van der Waals surface area contributed by atoms with Gasteiger partial charge in [-0.15, -0.1) is 0 Å². The molecule has 1 aliphatic carbocycles. The summed E-state index contributed by atoms with van der Waals surface area (Å²) in [5.41, 5.74) is 3.02. The maximum atomic E-state index is 2.33. The Morgan fingerprint density at radius 3 is 2.23 bits per heavy atom. The summed E-state index contributed by atoms with van der Waals surface area (Å²) in [4.78, 5) is 0. The molecule has 0 bridgehead atoms. The fraction of sp³-hybridized carbons (Fsp3) is 0.500. The van der Waals surface area contributed by atoms with Crippen molar-refractivity contribution in [1.29, 1.82) is 0 Å². The Morgan fingerprint density at radius 2 is 1.69 bits per heavy atom. The zero-order chi connectivity index (χ0) is 9.10. The Bertz CT molecular complexity index is 257. The fourth-order valence-electron chi connectivity index (χ4n) is 2.28. The number of rotatable bonds is 2. The van der Waals surface area contributed by atoms with Gasteiger partial charge in [0.2, 0.25) is 0 Å². The Balaban J connectivity index is 2.12. The van der Waals surface area contributed by atoms with E-state index in [-0.39, 0.29) is 0 Å². The predicted molar refractivity (Wildman–Crippen MR) is 60.3 cm³/mol. The molecular weight excluding hydrogens is 155 g/mol. The van der Waals surface area contributed by atoms with E-state index < -0.39 is 0 Å². The van der Waals surface area contributed by atoms with Crippen LogP contribution in [0, 0.1) is 0 Å². The van der Waals surface area contributed by atoms with Crippen molar-refractivity contribution in [2.75, 3.05) is 0 Å². The largest absolute Gasteiger partial charge is 0.154 e. The minimum Gasteiger partial charge on any atom is -0.0849 e. The molecule has 1 aromatic carbocycles. The number of hydrogen-bond donors (Lipinski definition) is 0. The molecule has 0 radical (unpaired) electrons. The van der Waals surface area contributed by atoms with Gasteiger partial charge in [-0.3, -0.25) is 0 Å². The van der Waals surface area contributed by atoms with Crippen LogP contribution in [-0.4, -0.2) is 7.28 Å². The molecule has 0 spiro atoms. The molecule has 1 heteroatoms. The first-order valence-electron chi connectivity index (χ1n) is 5.49. The summed E-state index contributed by atoms with van der Waals surface area (Å²) in [6, 6.07) is 9.23. The smallest absolute Gasteiger partial charge is 0.0849 e. The van der Waals surface area contributed by atoms with Gasteiger partial charge in [0.15, 0.2) is 7.28 Å². The van der Waals surface area contributed by atoms with Crippen LogP contribution >= 0.6 is 0 Å². The molecule has 0 aliphatic heterocycles. The van der Waals surface area contributed by atoms with Gasteiger partial charge in [-0.05, 0) is 24.3 Å². The first-order chi connectivity index (χ1) is 6.40. The molecule has 0 unspecified atom stereocenters. The molecular formula is C12H17B. The number of benzene rings is 1. The lowest BCUT2D eigenvalue weighted by Gasteiger charge is -2.09. The SMILES string of the molecule is CBc1ccc(C2CCCC2)cc1. The first kappa shape index (κ1) is 8.86. The van der Waals surface area contributed by atoms with Crippen LogP contribution in [0.15, 0.2) is 24.3 Å². The lowest BCUT2D eigenvalue weighted by atomic mass is 9.73. The van der Waals surface area contributed by atoms with Gasteiger partial charge in [0.1, 0.15) is 0 Å². The quantitative estimate of drug-likeness (QED) is 0.601. The van der Waals surface area contributed by atoms with Gasteiger partial charge in [0.05, 0.1) is 0 Å². The predicted octanol–water partition coefficient (Wildman–Crippen LogP) is 2.45. The summed E-state index contributed by atoms with van der Waals surface area (Å²) in [7, 11) is 1.16. The van der Waals surface area contributed by atoms with Crippen molar-refractivity contribution in [3.05, 3.63) is 29.8 Å². The highest BCUT2D eigenvalue weighted by molar-refractivity contribution is 6.51. The Kier molecular flexibility index (Phi) is 2.72. The van der Waals surface area contributed by atoms with Crippen molar-refractivity contribution in [3.63, 3.8) is 0 Å². The van der Waals surface area contributed by atoms with Crippen LogP contribution in [0.25, 0.3) is 0 Å². The van der Waals surface area contributed by atoms with Gasteiger partial charge >= 0.3 is 0 Å². The zero-order valence-electron chi connectivity index (χ0n) is 8.42. The monoisotopic (exact) mass is 172 g/mol. The second-order valence-electron chi connectivity index (χ2n) is 4.08. The standard InChI is InChI=1S/C12H17B/c1-13-12-8-6-11(7-9-12)10-4-2-3-5-10/h6-10,13H,2-5H2,1H3. The van der Waals surface area contributed by atoms with Crippen molar-refractivity contribution in [2.45, 2.75) is 38.4 Å². The molecule has 0 N–H and O–H groups in total. The maximum Gasteiger partial charge on any atom is 0.154 e. The van der Waals surface area contributed by atoms with E-state index in [1.807, 2.05) is 0 Å². The summed E-state index contributed by atoms with van der Waals surface area (Å²) < 4.78 is 0. The third kappa shape index (κ3) is 1.96. The second kappa shape index (κ2) is 4.00. The van der Waals surface area contributed by atoms with Crippen molar-refractivity contribution >= 4 is 12.7 Å². The average molecular weight is 172 g/mol. The molecule has 13 heavy (non-hydrogen) atoms. The third-order valence-corrected chi connectivity index (χ3v) is 3.21. The van der Waals surface area contributed by atoms with Crippen LogP contribution < -0.4 is 5.46 Å². The average Bonchev–Trinajstić information content (AvgIpc) is 2.71. The molecule has 1 aliphatic rings. The van der Waals surface area contributed by atoms with Crippen LogP contribution in [0.1, 0.15) is 37.2 Å². The van der Waals surface area contributed by atoms with Crippen LogP contribution in [0.5, 0.6) is 0 Å². The molecule has 68 valence electrons. The highest BCUT2D eigenvalue weighted by Crippen LogP contribution is 2.33. The molecule has 0 aromatic heterocycles. The van der Waals surface area contributed by atoms with Crippen molar-refractivity contribution in [3.8, 4) is 0 Å². The first-order valence-corrected chi connectivity index (χ1v) is 5.49. The van der Waals surface area contributed by atoms with Crippen LogP contribution in [0.3, 0.4) is 0 Å². The summed E-state index contributed by atoms with van der Waals surface area (Å²) in [6.07, 6.45) is 5.68. The topological polar surface area (TPSA) is 0 Å². The van der Waals surface area contributed by atoms with E-state index in [4.69, 9.17) is 0 Å². The summed E-state index contributed by atoms with van der Waals surface area (Å²) in [5.74, 6) is 0.867. The Labute approximate surface area is 81.6 Å². The normalized spacial score (nSPS) is 17.6. The molecule has 0 atom stereocenters. The van der Waals surface area contributed by atoms with E-state index in [2.05, 4.69) is 31.1 Å². The molecule has 0 saturated heterocycles. The van der Waals surface area contributed by atoms with Crippen LogP contribution in [0.4, 0.5) is 0 Å². The van der Waals surface area contributed by atoms with Crippen LogP contribution in [-0.2, 0) is 0 Å². The van der Waals surface area contributed by atoms with Crippen LogP contribution in [0.2, 0.25) is 6.82 Å². The Morgan fingerprint density at radius 1 is 1.08 bits per heavy atom. The van der Waals surface area contributed by atoms with E-state index in [1.165, 1.54) is 31.1 Å². The highest BCUT2D eigenvalue weighted by atomic mass is 14.2. The van der Waals surface area contributed by atoms with Crippen molar-refractivity contribution in [2.24, 2.45) is 0 Å². The summed E-state index contributed by atoms with van der Waals surface area (Å²) in [5, 5.41) is 0. The van der Waals surface area contributed by atoms with Gasteiger partial charge in [-0.2, -0.15) is 0 Å². The van der Waals surface area contributed by atoms with Gasteiger partial charge in [-0.25, -0.2) is 0 Å². The minimum atomic E-state index is 0.867. The fourth-order valence-corrected chi connectivity index (χ4v) is 2.28. The van der Waals surface area contributed by atoms with E-state index >= 15 is 0 Å². The zero-order valence-corrected chi connectivity index (χ0v) is 8.42. The highest BCUT2D eigenvalue weighted by Gasteiger charge is 2.16. The maximum absolute atomic E-state index is 2.33. The molecule has 0 heterocycles. The molecule has 0 nitrogen and oxygen atoms in total. The van der Waals surface area contributed by atoms with Crippen molar-refractivity contribution in [1.82, 2.24) is 0 Å². The number of hydrogen-bond acceptors (Lipinski definition) is 0.